The summed E-state index contributed by atoms with van der Waals surface area (Å²) in [6.45, 7) is 4.62. The molecule has 2 aromatic rings. The summed E-state index contributed by atoms with van der Waals surface area (Å²) in [7, 11) is 1.56. The standard InChI is InChI=1S/C22H26N2O4/c1-15(2)28-18-7-4-6-16(12-18)13-21(25)23-17-9-10-19(20(14-17)27-3)24-11-5-8-22(24)26/h4,6-7,9-10,12,14-15H,5,8,11,13H2,1-3H3,(H,23,25). The first-order chi connectivity index (χ1) is 13.5. The molecule has 0 spiro atoms. The molecule has 0 atom stereocenters. The highest BCUT2D eigenvalue weighted by atomic mass is 16.5. The maximum atomic E-state index is 12.5. The van der Waals surface area contributed by atoms with Gasteiger partial charge in [0.05, 0.1) is 25.3 Å². The van der Waals surface area contributed by atoms with Crippen molar-refractivity contribution in [2.24, 2.45) is 0 Å². The van der Waals surface area contributed by atoms with Gasteiger partial charge in [-0.2, -0.15) is 0 Å². The zero-order valence-electron chi connectivity index (χ0n) is 16.5. The zero-order chi connectivity index (χ0) is 20.1. The Balaban J connectivity index is 1.68. The van der Waals surface area contributed by atoms with Gasteiger partial charge in [0.15, 0.2) is 0 Å². The van der Waals surface area contributed by atoms with Crippen LogP contribution in [0.4, 0.5) is 11.4 Å². The molecular weight excluding hydrogens is 356 g/mol. The van der Waals surface area contributed by atoms with Crippen molar-refractivity contribution < 1.29 is 19.1 Å². The summed E-state index contributed by atoms with van der Waals surface area (Å²) >= 11 is 0. The van der Waals surface area contributed by atoms with Crippen LogP contribution in [0.2, 0.25) is 0 Å². The van der Waals surface area contributed by atoms with Crippen molar-refractivity contribution in [2.75, 3.05) is 23.9 Å². The average Bonchev–Trinajstić information content (AvgIpc) is 3.07. The molecule has 1 aliphatic rings. The third-order valence-electron chi connectivity index (χ3n) is 4.46. The van der Waals surface area contributed by atoms with Crippen LogP contribution in [0.15, 0.2) is 42.5 Å². The molecule has 0 radical (unpaired) electrons. The molecule has 3 rings (SSSR count). The number of methoxy groups -OCH3 is 1. The fourth-order valence-electron chi connectivity index (χ4n) is 3.27. The Hall–Kier alpha value is -3.02. The van der Waals surface area contributed by atoms with Crippen LogP contribution < -0.4 is 19.7 Å². The second kappa shape index (κ2) is 8.78. The number of nitrogens with zero attached hydrogens (tertiary/aromatic N) is 1. The van der Waals surface area contributed by atoms with E-state index in [1.54, 1.807) is 24.1 Å². The Morgan fingerprint density at radius 3 is 2.71 bits per heavy atom. The average molecular weight is 382 g/mol. The lowest BCUT2D eigenvalue weighted by molar-refractivity contribution is -0.117. The maximum absolute atomic E-state index is 12.5. The Morgan fingerprint density at radius 2 is 2.04 bits per heavy atom. The van der Waals surface area contributed by atoms with Gasteiger partial charge in [0.25, 0.3) is 0 Å². The number of carbonyl (C=O) groups excluding carboxylic acids is 2. The van der Waals surface area contributed by atoms with Gasteiger partial charge in [0, 0.05) is 24.7 Å². The van der Waals surface area contributed by atoms with Crippen LogP contribution in [0.3, 0.4) is 0 Å². The first-order valence-electron chi connectivity index (χ1n) is 9.50. The van der Waals surface area contributed by atoms with Crippen molar-refractivity contribution >= 4 is 23.2 Å². The molecule has 0 bridgehead atoms. The molecule has 1 saturated heterocycles. The van der Waals surface area contributed by atoms with E-state index in [0.717, 1.165) is 23.4 Å². The molecule has 1 heterocycles. The summed E-state index contributed by atoms with van der Waals surface area (Å²) in [4.78, 5) is 26.2. The van der Waals surface area contributed by atoms with Crippen LogP contribution in [0.1, 0.15) is 32.3 Å². The molecule has 2 aromatic carbocycles. The molecule has 2 amide bonds. The lowest BCUT2D eigenvalue weighted by atomic mass is 10.1. The van der Waals surface area contributed by atoms with E-state index in [-0.39, 0.29) is 24.3 Å². The Bertz CT molecular complexity index is 863. The number of amides is 2. The van der Waals surface area contributed by atoms with Crippen molar-refractivity contribution in [2.45, 2.75) is 39.2 Å². The highest BCUT2D eigenvalue weighted by Crippen LogP contribution is 2.33. The predicted molar refractivity (Wildman–Crippen MR) is 109 cm³/mol. The second-order valence-electron chi connectivity index (χ2n) is 7.07. The summed E-state index contributed by atoms with van der Waals surface area (Å²) < 4.78 is 11.1. The molecule has 1 fully saturated rings. The number of rotatable bonds is 7. The van der Waals surface area contributed by atoms with Gasteiger partial charge in [0.2, 0.25) is 11.8 Å². The first kappa shape index (κ1) is 19.7. The lowest BCUT2D eigenvalue weighted by Gasteiger charge is -2.19. The van der Waals surface area contributed by atoms with Gasteiger partial charge >= 0.3 is 0 Å². The van der Waals surface area contributed by atoms with E-state index in [9.17, 15) is 9.59 Å². The maximum Gasteiger partial charge on any atom is 0.228 e. The number of benzene rings is 2. The van der Waals surface area contributed by atoms with E-state index < -0.39 is 0 Å². The molecule has 148 valence electrons. The third-order valence-corrected chi connectivity index (χ3v) is 4.46. The van der Waals surface area contributed by atoms with E-state index in [0.29, 0.717) is 24.4 Å². The van der Waals surface area contributed by atoms with E-state index >= 15 is 0 Å². The molecule has 1 aliphatic heterocycles. The van der Waals surface area contributed by atoms with Crippen molar-refractivity contribution in [3.63, 3.8) is 0 Å². The van der Waals surface area contributed by atoms with Gasteiger partial charge in [-0.3, -0.25) is 9.59 Å². The van der Waals surface area contributed by atoms with Crippen LogP contribution in [-0.4, -0.2) is 31.6 Å². The van der Waals surface area contributed by atoms with Gasteiger partial charge in [-0.15, -0.1) is 0 Å². The summed E-state index contributed by atoms with van der Waals surface area (Å²) in [5.74, 6) is 1.29. The van der Waals surface area contributed by atoms with Gasteiger partial charge in [-0.25, -0.2) is 0 Å². The van der Waals surface area contributed by atoms with Crippen molar-refractivity contribution in [3.8, 4) is 11.5 Å². The topological polar surface area (TPSA) is 67.9 Å². The SMILES string of the molecule is COc1cc(NC(=O)Cc2cccc(OC(C)C)c2)ccc1N1CCCC1=O. The van der Waals surface area contributed by atoms with Crippen molar-refractivity contribution in [3.05, 3.63) is 48.0 Å². The number of carbonyl (C=O) groups is 2. The minimum absolute atomic E-state index is 0.0811. The number of hydrogen-bond acceptors (Lipinski definition) is 4. The normalized spacial score (nSPS) is 13.7. The monoisotopic (exact) mass is 382 g/mol. The van der Waals surface area contributed by atoms with E-state index in [1.807, 2.05) is 44.2 Å². The molecule has 6 heteroatoms. The van der Waals surface area contributed by atoms with E-state index in [2.05, 4.69) is 5.32 Å². The largest absolute Gasteiger partial charge is 0.494 e. The van der Waals surface area contributed by atoms with Crippen LogP contribution in [0.25, 0.3) is 0 Å². The number of nitrogens with one attached hydrogen (secondary N) is 1. The predicted octanol–water partition coefficient (Wildman–Crippen LogP) is 3.79. The van der Waals surface area contributed by atoms with Crippen molar-refractivity contribution in [1.82, 2.24) is 0 Å². The van der Waals surface area contributed by atoms with Gasteiger partial charge in [-0.05, 0) is 50.1 Å². The van der Waals surface area contributed by atoms with Gasteiger partial charge in [0.1, 0.15) is 11.5 Å². The Kier molecular flexibility index (Phi) is 6.19. The van der Waals surface area contributed by atoms with E-state index in [1.165, 1.54) is 0 Å². The van der Waals surface area contributed by atoms with Gasteiger partial charge < -0.3 is 19.7 Å². The van der Waals surface area contributed by atoms with Crippen LogP contribution in [0.5, 0.6) is 11.5 Å². The number of anilines is 2. The quantitative estimate of drug-likeness (QED) is 0.791. The number of ether oxygens (including phenoxy) is 2. The number of hydrogen-bond donors (Lipinski definition) is 1. The second-order valence-corrected chi connectivity index (χ2v) is 7.07. The Labute approximate surface area is 165 Å². The Morgan fingerprint density at radius 1 is 1.21 bits per heavy atom. The lowest BCUT2D eigenvalue weighted by Crippen LogP contribution is -2.24. The molecule has 1 N–H and O–H groups in total. The molecule has 0 saturated carbocycles. The smallest absolute Gasteiger partial charge is 0.228 e. The molecular formula is C22H26N2O4. The molecule has 0 aliphatic carbocycles. The zero-order valence-corrected chi connectivity index (χ0v) is 16.5. The van der Waals surface area contributed by atoms with Crippen LogP contribution >= 0.6 is 0 Å². The van der Waals surface area contributed by atoms with Crippen LogP contribution in [-0.2, 0) is 16.0 Å². The molecule has 6 nitrogen and oxygen atoms in total. The third kappa shape index (κ3) is 4.82. The molecule has 0 unspecified atom stereocenters. The molecule has 0 aromatic heterocycles. The van der Waals surface area contributed by atoms with Gasteiger partial charge in [-0.1, -0.05) is 12.1 Å². The summed E-state index contributed by atoms with van der Waals surface area (Å²) in [5, 5.41) is 2.89. The highest BCUT2D eigenvalue weighted by Gasteiger charge is 2.24. The highest BCUT2D eigenvalue weighted by molar-refractivity contribution is 5.98. The fraction of sp³-hybridized carbons (Fsp3) is 0.364. The summed E-state index contributed by atoms with van der Waals surface area (Å²) in [5.41, 5.74) is 2.25. The fourth-order valence-corrected chi connectivity index (χ4v) is 3.27. The molecule has 28 heavy (non-hydrogen) atoms. The first-order valence-corrected chi connectivity index (χ1v) is 9.50. The minimum Gasteiger partial charge on any atom is -0.494 e. The summed E-state index contributed by atoms with van der Waals surface area (Å²) in [6.07, 6.45) is 1.73. The van der Waals surface area contributed by atoms with E-state index in [4.69, 9.17) is 9.47 Å². The summed E-state index contributed by atoms with van der Waals surface area (Å²) in [6, 6.07) is 12.9. The minimum atomic E-state index is -0.131. The van der Waals surface area contributed by atoms with Crippen molar-refractivity contribution in [1.29, 1.82) is 0 Å². The van der Waals surface area contributed by atoms with Crippen LogP contribution in [0, 0.1) is 0 Å².